The van der Waals surface area contributed by atoms with E-state index >= 15 is 0 Å². The molecule has 0 amide bonds. The van der Waals surface area contributed by atoms with Gasteiger partial charge in [0.05, 0.1) is 30.8 Å². The van der Waals surface area contributed by atoms with Crippen LogP contribution in [0.25, 0.3) is 11.1 Å². The molecule has 3 aromatic rings. The Balaban J connectivity index is 1.52. The minimum atomic E-state index is -3.73. The largest absolute Gasteiger partial charge is 0.394 e. The second kappa shape index (κ2) is 9.62. The van der Waals surface area contributed by atoms with E-state index in [1.807, 2.05) is 36.4 Å². The molecule has 4 rings (SSSR count). The average Bonchev–Trinajstić information content (AvgIpc) is 2.81. The molecule has 0 spiro atoms. The number of morpholine rings is 1. The summed E-state index contributed by atoms with van der Waals surface area (Å²) in [6.07, 6.45) is 0. The Morgan fingerprint density at radius 3 is 2.26 bits per heavy atom. The van der Waals surface area contributed by atoms with Gasteiger partial charge in [-0.2, -0.15) is 0 Å². The smallest absolute Gasteiger partial charge is 0.261 e. The molecular formula is C24H26N2O4S. The molecule has 162 valence electrons. The minimum absolute atomic E-state index is 0.0445. The number of aliphatic hydroxyl groups is 1. The lowest BCUT2D eigenvalue weighted by Gasteiger charge is -2.33. The fourth-order valence-electron chi connectivity index (χ4n) is 3.80. The number of sulfonamides is 1. The van der Waals surface area contributed by atoms with E-state index in [0.717, 1.165) is 29.8 Å². The van der Waals surface area contributed by atoms with Crippen molar-refractivity contribution in [1.82, 2.24) is 4.90 Å². The normalized spacial score (nSPS) is 16.0. The van der Waals surface area contributed by atoms with Gasteiger partial charge in [-0.25, -0.2) is 8.42 Å². The third-order valence-electron chi connectivity index (χ3n) is 5.45. The van der Waals surface area contributed by atoms with Crippen LogP contribution < -0.4 is 4.72 Å². The van der Waals surface area contributed by atoms with Crippen molar-refractivity contribution in [2.75, 3.05) is 37.6 Å². The summed E-state index contributed by atoms with van der Waals surface area (Å²) in [7, 11) is -3.73. The van der Waals surface area contributed by atoms with Crippen molar-refractivity contribution in [3.63, 3.8) is 0 Å². The first-order valence-electron chi connectivity index (χ1n) is 10.3. The van der Waals surface area contributed by atoms with Crippen LogP contribution in [0.2, 0.25) is 0 Å². The molecule has 1 fully saturated rings. The fraction of sp³-hybridized carbons (Fsp3) is 0.250. The summed E-state index contributed by atoms with van der Waals surface area (Å²) in [5, 5.41) is 9.93. The molecule has 1 unspecified atom stereocenters. The minimum Gasteiger partial charge on any atom is -0.394 e. The third-order valence-corrected chi connectivity index (χ3v) is 6.85. The van der Waals surface area contributed by atoms with E-state index in [9.17, 15) is 13.5 Å². The number of anilines is 1. The molecule has 1 aliphatic heterocycles. The first-order chi connectivity index (χ1) is 15.1. The fourth-order valence-corrected chi connectivity index (χ4v) is 4.85. The highest BCUT2D eigenvalue weighted by atomic mass is 32.2. The first kappa shape index (κ1) is 21.5. The predicted octanol–water partition coefficient (Wildman–Crippen LogP) is 3.52. The Labute approximate surface area is 183 Å². The van der Waals surface area contributed by atoms with E-state index < -0.39 is 10.0 Å². The van der Waals surface area contributed by atoms with Gasteiger partial charge < -0.3 is 9.84 Å². The Bertz CT molecular complexity index is 1100. The van der Waals surface area contributed by atoms with Crippen molar-refractivity contribution in [2.24, 2.45) is 0 Å². The monoisotopic (exact) mass is 438 g/mol. The maximum Gasteiger partial charge on any atom is 0.261 e. The summed E-state index contributed by atoms with van der Waals surface area (Å²) in [6.45, 7) is 2.67. The van der Waals surface area contributed by atoms with Gasteiger partial charge in [-0.1, -0.05) is 54.6 Å². The van der Waals surface area contributed by atoms with Gasteiger partial charge in [-0.15, -0.1) is 0 Å². The summed E-state index contributed by atoms with van der Waals surface area (Å²) < 4.78 is 33.9. The lowest BCUT2D eigenvalue weighted by atomic mass is 10.0. The van der Waals surface area contributed by atoms with Crippen LogP contribution in [0.3, 0.4) is 0 Å². The third kappa shape index (κ3) is 5.14. The highest BCUT2D eigenvalue weighted by molar-refractivity contribution is 7.92. The summed E-state index contributed by atoms with van der Waals surface area (Å²) in [5.41, 5.74) is 3.32. The van der Waals surface area contributed by atoms with E-state index in [1.165, 1.54) is 0 Å². The molecule has 0 aliphatic carbocycles. The van der Waals surface area contributed by atoms with Crippen LogP contribution in [0.1, 0.15) is 11.6 Å². The van der Waals surface area contributed by atoms with Crippen molar-refractivity contribution in [2.45, 2.75) is 10.9 Å². The van der Waals surface area contributed by atoms with Gasteiger partial charge in [0.25, 0.3) is 10.0 Å². The zero-order valence-corrected chi connectivity index (χ0v) is 18.0. The Hall–Kier alpha value is -2.71. The SMILES string of the molecule is O=S(=O)(Nc1cccc(C(CO)N2CCOCC2)c1)c1ccc(-c2ccccc2)cc1. The molecule has 0 aromatic heterocycles. The molecule has 1 atom stereocenters. The van der Waals surface area contributed by atoms with E-state index in [4.69, 9.17) is 4.74 Å². The van der Waals surface area contributed by atoms with Gasteiger partial charge in [0.2, 0.25) is 0 Å². The molecule has 6 nitrogen and oxygen atoms in total. The van der Waals surface area contributed by atoms with Crippen molar-refractivity contribution < 1.29 is 18.3 Å². The number of hydrogen-bond acceptors (Lipinski definition) is 5. The maximum absolute atomic E-state index is 12.9. The van der Waals surface area contributed by atoms with Gasteiger partial charge in [0.1, 0.15) is 0 Å². The summed E-state index contributed by atoms with van der Waals surface area (Å²) in [6, 6.07) is 23.7. The van der Waals surface area contributed by atoms with Crippen LogP contribution in [0.15, 0.2) is 83.8 Å². The van der Waals surface area contributed by atoms with E-state index in [0.29, 0.717) is 18.9 Å². The lowest BCUT2D eigenvalue weighted by Crippen LogP contribution is -2.40. The molecule has 3 aromatic carbocycles. The van der Waals surface area contributed by atoms with Gasteiger partial charge in [-0.3, -0.25) is 9.62 Å². The van der Waals surface area contributed by atoms with Crippen LogP contribution in [0, 0.1) is 0 Å². The van der Waals surface area contributed by atoms with E-state index in [-0.39, 0.29) is 17.5 Å². The Kier molecular flexibility index (Phi) is 6.67. The molecule has 31 heavy (non-hydrogen) atoms. The summed E-state index contributed by atoms with van der Waals surface area (Å²) in [4.78, 5) is 2.35. The Morgan fingerprint density at radius 1 is 0.903 bits per heavy atom. The van der Waals surface area contributed by atoms with Crippen molar-refractivity contribution >= 4 is 15.7 Å². The number of hydrogen-bond donors (Lipinski definition) is 2. The summed E-state index contributed by atoms with van der Waals surface area (Å²) in [5.74, 6) is 0. The highest BCUT2D eigenvalue weighted by Crippen LogP contribution is 2.26. The standard InChI is InChI=1S/C24H26N2O4S/c27-18-24(26-13-15-30-16-14-26)21-7-4-8-22(17-21)25-31(28,29)23-11-9-20(10-12-23)19-5-2-1-3-6-19/h1-12,17,24-25,27H,13-16,18H2. The average molecular weight is 439 g/mol. The van der Waals surface area contributed by atoms with Crippen molar-refractivity contribution in [3.05, 3.63) is 84.4 Å². The molecule has 7 heteroatoms. The Morgan fingerprint density at radius 2 is 1.58 bits per heavy atom. The molecular weight excluding hydrogens is 412 g/mol. The lowest BCUT2D eigenvalue weighted by molar-refractivity contribution is 0.00261. The van der Waals surface area contributed by atoms with E-state index in [2.05, 4.69) is 9.62 Å². The molecule has 1 heterocycles. The summed E-state index contributed by atoms with van der Waals surface area (Å²) >= 11 is 0. The molecule has 0 radical (unpaired) electrons. The van der Waals surface area contributed by atoms with Crippen LogP contribution in [0.4, 0.5) is 5.69 Å². The van der Waals surface area contributed by atoms with Crippen molar-refractivity contribution in [3.8, 4) is 11.1 Å². The maximum atomic E-state index is 12.9. The van der Waals surface area contributed by atoms with Gasteiger partial charge in [-0.05, 0) is 41.0 Å². The van der Waals surface area contributed by atoms with Gasteiger partial charge in [0.15, 0.2) is 0 Å². The highest BCUT2D eigenvalue weighted by Gasteiger charge is 2.22. The number of benzene rings is 3. The molecule has 0 bridgehead atoms. The topological polar surface area (TPSA) is 78.9 Å². The number of aliphatic hydroxyl groups excluding tert-OH is 1. The van der Waals surface area contributed by atoms with Gasteiger partial charge >= 0.3 is 0 Å². The van der Waals surface area contributed by atoms with Crippen LogP contribution in [-0.4, -0.2) is 51.3 Å². The molecule has 1 saturated heterocycles. The zero-order valence-electron chi connectivity index (χ0n) is 17.1. The number of ether oxygens (including phenoxy) is 1. The van der Waals surface area contributed by atoms with E-state index in [1.54, 1.807) is 42.5 Å². The first-order valence-corrected chi connectivity index (χ1v) is 11.8. The van der Waals surface area contributed by atoms with Crippen LogP contribution >= 0.6 is 0 Å². The van der Waals surface area contributed by atoms with Crippen LogP contribution in [-0.2, 0) is 14.8 Å². The number of nitrogens with one attached hydrogen (secondary N) is 1. The predicted molar refractivity (Wildman–Crippen MR) is 121 cm³/mol. The molecule has 1 aliphatic rings. The van der Waals surface area contributed by atoms with Crippen LogP contribution in [0.5, 0.6) is 0 Å². The second-order valence-electron chi connectivity index (χ2n) is 7.47. The molecule has 2 N–H and O–H groups in total. The quantitative estimate of drug-likeness (QED) is 0.590. The van der Waals surface area contributed by atoms with Gasteiger partial charge in [0, 0.05) is 18.8 Å². The molecule has 0 saturated carbocycles. The zero-order chi connectivity index (χ0) is 21.7. The number of nitrogens with zero attached hydrogens (tertiary/aromatic N) is 1. The number of rotatable bonds is 7. The van der Waals surface area contributed by atoms with Crippen molar-refractivity contribution in [1.29, 1.82) is 0 Å². The second-order valence-corrected chi connectivity index (χ2v) is 9.15.